The SMILES string of the molecule is CC1CN(C(=O)c2cc(F)c(F)cc2[N+](=O)[O-])CC(C)O1. The third-order valence-corrected chi connectivity index (χ3v) is 3.17. The predicted octanol–water partition coefficient (Wildman–Crippen LogP) is 2.12. The molecule has 2 atom stereocenters. The average Bonchev–Trinajstić information content (AvgIpc) is 2.39. The van der Waals surface area contributed by atoms with Crippen molar-refractivity contribution in [2.75, 3.05) is 13.1 Å². The van der Waals surface area contributed by atoms with E-state index in [4.69, 9.17) is 4.74 Å². The number of amides is 1. The van der Waals surface area contributed by atoms with Gasteiger partial charge in [-0.25, -0.2) is 8.78 Å². The lowest BCUT2D eigenvalue weighted by atomic mass is 10.1. The minimum absolute atomic E-state index is 0.234. The van der Waals surface area contributed by atoms with Crippen molar-refractivity contribution in [3.05, 3.63) is 39.4 Å². The molecule has 2 rings (SSSR count). The Hall–Kier alpha value is -2.09. The molecule has 1 heterocycles. The zero-order chi connectivity index (χ0) is 15.7. The van der Waals surface area contributed by atoms with Gasteiger partial charge in [0.15, 0.2) is 11.6 Å². The van der Waals surface area contributed by atoms with Gasteiger partial charge in [0.05, 0.1) is 23.2 Å². The highest BCUT2D eigenvalue weighted by Crippen LogP contribution is 2.25. The maximum absolute atomic E-state index is 13.3. The minimum Gasteiger partial charge on any atom is -0.372 e. The van der Waals surface area contributed by atoms with Gasteiger partial charge in [-0.1, -0.05) is 0 Å². The van der Waals surface area contributed by atoms with E-state index in [0.29, 0.717) is 12.1 Å². The van der Waals surface area contributed by atoms with E-state index in [2.05, 4.69) is 0 Å². The van der Waals surface area contributed by atoms with E-state index in [-0.39, 0.29) is 25.3 Å². The quantitative estimate of drug-likeness (QED) is 0.619. The minimum atomic E-state index is -1.36. The number of halogens is 2. The molecule has 0 aliphatic carbocycles. The molecule has 2 unspecified atom stereocenters. The first-order chi connectivity index (χ1) is 9.79. The summed E-state index contributed by atoms with van der Waals surface area (Å²) in [6.07, 6.45) is -0.468. The molecule has 1 fully saturated rings. The first-order valence-electron chi connectivity index (χ1n) is 6.37. The van der Waals surface area contributed by atoms with Gasteiger partial charge in [0, 0.05) is 13.1 Å². The van der Waals surface area contributed by atoms with Crippen molar-refractivity contribution in [2.45, 2.75) is 26.1 Å². The zero-order valence-electron chi connectivity index (χ0n) is 11.5. The van der Waals surface area contributed by atoms with E-state index in [0.717, 1.165) is 0 Å². The topological polar surface area (TPSA) is 72.7 Å². The number of nitrogens with zero attached hydrogens (tertiary/aromatic N) is 2. The fourth-order valence-electron chi connectivity index (χ4n) is 2.37. The summed E-state index contributed by atoms with van der Waals surface area (Å²) in [6, 6.07) is 0.996. The predicted molar refractivity (Wildman–Crippen MR) is 68.9 cm³/mol. The van der Waals surface area contributed by atoms with Gasteiger partial charge in [-0.15, -0.1) is 0 Å². The van der Waals surface area contributed by atoms with Gasteiger partial charge in [-0.3, -0.25) is 14.9 Å². The van der Waals surface area contributed by atoms with Crippen LogP contribution in [0.5, 0.6) is 0 Å². The maximum atomic E-state index is 13.3. The Morgan fingerprint density at radius 2 is 1.81 bits per heavy atom. The van der Waals surface area contributed by atoms with Crippen LogP contribution in [0.15, 0.2) is 12.1 Å². The number of nitro groups is 1. The summed E-state index contributed by atoms with van der Waals surface area (Å²) in [4.78, 5) is 23.7. The van der Waals surface area contributed by atoms with Gasteiger partial charge in [0.2, 0.25) is 0 Å². The summed E-state index contributed by atoms with van der Waals surface area (Å²) >= 11 is 0. The van der Waals surface area contributed by atoms with Crippen LogP contribution in [-0.2, 0) is 4.74 Å². The molecule has 1 aromatic rings. The molecule has 0 N–H and O–H groups in total. The van der Waals surface area contributed by atoms with E-state index in [9.17, 15) is 23.7 Å². The number of morpholine rings is 1. The van der Waals surface area contributed by atoms with Crippen molar-refractivity contribution in [1.82, 2.24) is 4.90 Å². The molecule has 1 aliphatic rings. The maximum Gasteiger partial charge on any atom is 0.285 e. The number of hydrogen-bond donors (Lipinski definition) is 0. The number of carbonyl (C=O) groups is 1. The molecule has 1 amide bonds. The Kier molecular flexibility index (Phi) is 4.17. The number of benzene rings is 1. The molecule has 0 aromatic heterocycles. The van der Waals surface area contributed by atoms with Gasteiger partial charge in [-0.05, 0) is 19.9 Å². The second-order valence-electron chi connectivity index (χ2n) is 5.01. The lowest BCUT2D eigenvalue weighted by Gasteiger charge is -2.35. The zero-order valence-corrected chi connectivity index (χ0v) is 11.5. The largest absolute Gasteiger partial charge is 0.372 e. The molecule has 6 nitrogen and oxygen atoms in total. The van der Waals surface area contributed by atoms with E-state index in [1.165, 1.54) is 4.90 Å². The molecule has 0 bridgehead atoms. The summed E-state index contributed by atoms with van der Waals surface area (Å²) in [5, 5.41) is 10.9. The highest BCUT2D eigenvalue weighted by molar-refractivity contribution is 5.98. The van der Waals surface area contributed by atoms with Crippen molar-refractivity contribution < 1.29 is 23.2 Å². The summed E-state index contributed by atoms with van der Waals surface area (Å²) in [7, 11) is 0. The van der Waals surface area contributed by atoms with Crippen molar-refractivity contribution in [2.24, 2.45) is 0 Å². The van der Waals surface area contributed by atoms with E-state index in [1.54, 1.807) is 13.8 Å². The average molecular weight is 300 g/mol. The number of hydrogen-bond acceptors (Lipinski definition) is 4. The lowest BCUT2D eigenvalue weighted by molar-refractivity contribution is -0.385. The summed E-state index contributed by atoms with van der Waals surface area (Å²) in [6.45, 7) is 3.99. The molecule has 1 aromatic carbocycles. The van der Waals surface area contributed by atoms with Crippen LogP contribution in [0.1, 0.15) is 24.2 Å². The van der Waals surface area contributed by atoms with Gasteiger partial charge in [0.1, 0.15) is 5.56 Å². The fourth-order valence-corrected chi connectivity index (χ4v) is 2.37. The van der Waals surface area contributed by atoms with E-state index < -0.39 is 33.7 Å². The monoisotopic (exact) mass is 300 g/mol. The first kappa shape index (κ1) is 15.3. The normalized spacial score (nSPS) is 22.2. The smallest absolute Gasteiger partial charge is 0.285 e. The summed E-state index contributed by atoms with van der Waals surface area (Å²) in [5.41, 5.74) is -1.20. The van der Waals surface area contributed by atoms with Gasteiger partial charge >= 0.3 is 0 Å². The van der Waals surface area contributed by atoms with Crippen LogP contribution in [-0.4, -0.2) is 41.0 Å². The lowest BCUT2D eigenvalue weighted by Crippen LogP contribution is -2.48. The molecular weight excluding hydrogens is 286 g/mol. The van der Waals surface area contributed by atoms with Crippen molar-refractivity contribution in [1.29, 1.82) is 0 Å². The van der Waals surface area contributed by atoms with Gasteiger partial charge in [-0.2, -0.15) is 0 Å². The van der Waals surface area contributed by atoms with Crippen LogP contribution in [0, 0.1) is 21.7 Å². The van der Waals surface area contributed by atoms with Crippen LogP contribution < -0.4 is 0 Å². The highest BCUT2D eigenvalue weighted by atomic mass is 19.2. The molecule has 1 saturated heterocycles. The molecule has 0 spiro atoms. The number of nitro benzene ring substituents is 1. The highest BCUT2D eigenvalue weighted by Gasteiger charge is 2.31. The van der Waals surface area contributed by atoms with Crippen molar-refractivity contribution >= 4 is 11.6 Å². The van der Waals surface area contributed by atoms with Gasteiger partial charge in [0.25, 0.3) is 11.6 Å². The Bertz CT molecular complexity index is 584. The van der Waals surface area contributed by atoms with Crippen LogP contribution in [0.2, 0.25) is 0 Å². The van der Waals surface area contributed by atoms with Crippen LogP contribution in [0.4, 0.5) is 14.5 Å². The Morgan fingerprint density at radius 1 is 1.29 bits per heavy atom. The van der Waals surface area contributed by atoms with E-state index >= 15 is 0 Å². The molecule has 8 heteroatoms. The second kappa shape index (κ2) is 5.72. The number of carbonyl (C=O) groups excluding carboxylic acids is 1. The molecule has 114 valence electrons. The van der Waals surface area contributed by atoms with Crippen molar-refractivity contribution in [3.63, 3.8) is 0 Å². The third-order valence-electron chi connectivity index (χ3n) is 3.17. The van der Waals surface area contributed by atoms with Crippen molar-refractivity contribution in [3.8, 4) is 0 Å². The number of rotatable bonds is 2. The summed E-state index contributed by atoms with van der Waals surface area (Å²) < 4.78 is 31.9. The Balaban J connectivity index is 2.38. The van der Waals surface area contributed by atoms with Crippen LogP contribution >= 0.6 is 0 Å². The fraction of sp³-hybridized carbons (Fsp3) is 0.462. The van der Waals surface area contributed by atoms with Gasteiger partial charge < -0.3 is 9.64 Å². The summed E-state index contributed by atoms with van der Waals surface area (Å²) in [5.74, 6) is -3.36. The first-order valence-corrected chi connectivity index (χ1v) is 6.37. The third kappa shape index (κ3) is 3.15. The van der Waals surface area contributed by atoms with E-state index in [1.807, 2.05) is 0 Å². The standard InChI is InChI=1S/C13H14F2N2O4/c1-7-5-16(6-8(2)21-7)13(18)9-3-10(14)11(15)4-12(9)17(19)20/h3-4,7-8H,5-6H2,1-2H3. The Labute approximate surface area is 119 Å². The molecule has 1 aliphatic heterocycles. The number of ether oxygens (including phenoxy) is 1. The van der Waals surface area contributed by atoms with Crippen LogP contribution in [0.3, 0.4) is 0 Å². The molecule has 0 saturated carbocycles. The molecule has 0 radical (unpaired) electrons. The van der Waals surface area contributed by atoms with Crippen LogP contribution in [0.25, 0.3) is 0 Å². The molecular formula is C13H14F2N2O4. The Morgan fingerprint density at radius 3 is 2.33 bits per heavy atom. The second-order valence-corrected chi connectivity index (χ2v) is 5.01. The molecule has 21 heavy (non-hydrogen) atoms.